The third kappa shape index (κ3) is 6.64. The number of aromatic carboxylic acids is 1. The Hall–Kier alpha value is -4.59. The monoisotopic (exact) mass is 597 g/mol. The van der Waals surface area contributed by atoms with Crippen LogP contribution in [0, 0.1) is 24.0 Å². The molecule has 8 heteroatoms. The molecule has 6 nitrogen and oxygen atoms in total. The van der Waals surface area contributed by atoms with Gasteiger partial charge in [-0.1, -0.05) is 45.0 Å². The van der Waals surface area contributed by atoms with Crippen molar-refractivity contribution in [1.29, 1.82) is 0 Å². The Morgan fingerprint density at radius 2 is 1.77 bits per heavy atom. The average Bonchev–Trinajstić information content (AvgIpc) is 3.73. The normalized spacial score (nSPS) is 13.3. The van der Waals surface area contributed by atoms with E-state index in [1.807, 2.05) is 32.9 Å². The largest absolute Gasteiger partial charge is 0.478 e. The van der Waals surface area contributed by atoms with Gasteiger partial charge >= 0.3 is 5.97 Å². The highest BCUT2D eigenvalue weighted by Crippen LogP contribution is 2.50. The number of rotatable bonds is 10. The lowest BCUT2D eigenvalue weighted by Crippen LogP contribution is -2.14. The molecule has 0 aliphatic heterocycles. The summed E-state index contributed by atoms with van der Waals surface area (Å²) in [6.07, 6.45) is 3.68. The van der Waals surface area contributed by atoms with Crippen molar-refractivity contribution in [3.8, 4) is 17.1 Å². The van der Waals surface area contributed by atoms with Crippen molar-refractivity contribution in [2.24, 2.45) is 5.41 Å². The topological polar surface area (TPSA) is 77.2 Å². The lowest BCUT2D eigenvalue weighted by Gasteiger charge is -2.17. The van der Waals surface area contributed by atoms with Gasteiger partial charge in [0.1, 0.15) is 24.1 Å². The number of hydrogen-bond donors (Lipinski definition) is 1. The number of hydrogen-bond acceptors (Lipinski definition) is 4. The highest BCUT2D eigenvalue weighted by Gasteiger charge is 2.41. The van der Waals surface area contributed by atoms with Gasteiger partial charge in [-0.15, -0.1) is 0 Å². The molecule has 0 atom stereocenters. The lowest BCUT2D eigenvalue weighted by atomic mass is 10.0. The number of carboxylic acids is 1. The van der Waals surface area contributed by atoms with E-state index in [4.69, 9.17) is 9.72 Å². The third-order valence-corrected chi connectivity index (χ3v) is 8.25. The van der Waals surface area contributed by atoms with Gasteiger partial charge in [0.25, 0.3) is 0 Å². The van der Waals surface area contributed by atoms with Crippen LogP contribution < -0.4 is 4.74 Å². The van der Waals surface area contributed by atoms with Gasteiger partial charge in [-0.2, -0.15) is 0 Å². The molecule has 1 aliphatic rings. The number of carboxylic acid groups (broad SMARTS) is 1. The Morgan fingerprint density at radius 3 is 2.45 bits per heavy atom. The Morgan fingerprint density at radius 1 is 0.977 bits per heavy atom. The molecule has 3 aromatic carbocycles. The van der Waals surface area contributed by atoms with Crippen molar-refractivity contribution < 1.29 is 23.4 Å². The van der Waals surface area contributed by atoms with Gasteiger partial charge in [0.2, 0.25) is 5.88 Å². The predicted molar refractivity (Wildman–Crippen MR) is 168 cm³/mol. The van der Waals surface area contributed by atoms with Gasteiger partial charge in [0.05, 0.1) is 22.3 Å². The molecule has 0 radical (unpaired) electrons. The number of nitrogens with zero attached hydrogens (tertiary/aromatic N) is 3. The van der Waals surface area contributed by atoms with E-state index in [1.165, 1.54) is 12.1 Å². The third-order valence-electron chi connectivity index (χ3n) is 8.25. The van der Waals surface area contributed by atoms with Crippen LogP contribution in [0.25, 0.3) is 22.3 Å². The van der Waals surface area contributed by atoms with E-state index in [-0.39, 0.29) is 29.3 Å². The molecule has 2 aromatic heterocycles. The van der Waals surface area contributed by atoms with Crippen LogP contribution in [-0.2, 0) is 19.6 Å². The Bertz CT molecular complexity index is 1810. The molecule has 5 aromatic rings. The van der Waals surface area contributed by atoms with E-state index < -0.39 is 11.8 Å². The summed E-state index contributed by atoms with van der Waals surface area (Å²) in [6.45, 7) is 8.76. The molecule has 2 heterocycles. The van der Waals surface area contributed by atoms with Crippen LogP contribution >= 0.6 is 0 Å². The Kier molecular flexibility index (Phi) is 9.09. The fourth-order valence-electron chi connectivity index (χ4n) is 5.38. The number of carbonyl (C=O) groups is 1. The molecule has 0 saturated heterocycles. The summed E-state index contributed by atoms with van der Waals surface area (Å²) < 4.78 is 37.5. The summed E-state index contributed by atoms with van der Waals surface area (Å²) in [4.78, 5) is 20.9. The van der Waals surface area contributed by atoms with Crippen LogP contribution in [0.15, 0.2) is 72.8 Å². The summed E-state index contributed by atoms with van der Waals surface area (Å²) in [5, 5.41) is 9.54. The van der Waals surface area contributed by atoms with Crippen molar-refractivity contribution in [2.75, 3.05) is 0 Å². The zero-order valence-electron chi connectivity index (χ0n) is 25.5. The molecule has 1 aliphatic carbocycles. The predicted octanol–water partition coefficient (Wildman–Crippen LogP) is 8.77. The van der Waals surface area contributed by atoms with Gasteiger partial charge in [0.15, 0.2) is 0 Å². The summed E-state index contributed by atoms with van der Waals surface area (Å²) >= 11 is 0. The molecule has 0 amide bonds. The van der Waals surface area contributed by atoms with Crippen molar-refractivity contribution >= 4 is 17.0 Å². The minimum Gasteiger partial charge on any atom is -0.478 e. The van der Waals surface area contributed by atoms with Gasteiger partial charge in [-0.05, 0) is 85.2 Å². The van der Waals surface area contributed by atoms with Crippen molar-refractivity contribution in [3.05, 3.63) is 113 Å². The van der Waals surface area contributed by atoms with Gasteiger partial charge < -0.3 is 14.4 Å². The minimum atomic E-state index is -0.981. The number of ether oxygens (including phenoxy) is 1. The first-order valence-corrected chi connectivity index (χ1v) is 15.1. The molecule has 228 valence electrons. The zero-order valence-corrected chi connectivity index (χ0v) is 25.5. The van der Waals surface area contributed by atoms with E-state index >= 15 is 4.39 Å². The second-order valence-corrected chi connectivity index (χ2v) is 11.2. The maximum atomic E-state index is 15.5. The highest BCUT2D eigenvalue weighted by molar-refractivity contribution is 5.92. The molecule has 6 rings (SSSR count). The first kappa shape index (κ1) is 30.9. The van der Waals surface area contributed by atoms with Crippen LogP contribution in [0.5, 0.6) is 5.88 Å². The van der Waals surface area contributed by atoms with Crippen molar-refractivity contribution in [2.45, 2.75) is 66.5 Å². The van der Waals surface area contributed by atoms with Gasteiger partial charge in [-0.25, -0.2) is 23.5 Å². The highest BCUT2D eigenvalue weighted by atomic mass is 19.1. The van der Waals surface area contributed by atoms with Crippen LogP contribution in [-0.4, -0.2) is 25.6 Å². The second kappa shape index (κ2) is 13.0. The molecular weight excluding hydrogens is 560 g/mol. The maximum Gasteiger partial charge on any atom is 0.335 e. The van der Waals surface area contributed by atoms with Crippen LogP contribution in [0.4, 0.5) is 8.78 Å². The summed E-state index contributed by atoms with van der Waals surface area (Å²) in [5.41, 5.74) is 4.65. The number of benzene rings is 3. The standard InChI is InChI=1S/C34H31F2N3O3.C2H6/c1-3-34(13-14-34)20-39-30-18-23(33(40)41)10-12-29(30)37-31(39)17-22-8-11-25(27(36)16-22)28-5-4-6-32(38-28)42-19-24-9-7-21(2)15-26(24)35;1-2/h4-12,15-16,18H,3,13-14,17,19-20H2,1-2H3,(H,40,41);1-2H3. The fraction of sp³-hybridized carbons (Fsp3) is 0.306. The first-order chi connectivity index (χ1) is 21.2. The average molecular weight is 598 g/mol. The number of aryl methyl sites for hydroxylation is 1. The number of imidazole rings is 1. The maximum absolute atomic E-state index is 15.5. The van der Waals surface area contributed by atoms with Crippen LogP contribution in [0.3, 0.4) is 0 Å². The Labute approximate surface area is 256 Å². The van der Waals surface area contributed by atoms with E-state index in [9.17, 15) is 14.3 Å². The SMILES string of the molecule is CC.CCC1(Cn2c(Cc3ccc(-c4cccc(OCc5ccc(C)cc5F)n4)c(F)c3)nc3ccc(C(=O)O)cc32)CC1. The quantitative estimate of drug-likeness (QED) is 0.174. The smallest absolute Gasteiger partial charge is 0.335 e. The minimum absolute atomic E-state index is 0.0122. The molecule has 0 bridgehead atoms. The molecule has 0 spiro atoms. The van der Waals surface area contributed by atoms with Crippen LogP contribution in [0.2, 0.25) is 0 Å². The number of pyridine rings is 1. The fourth-order valence-corrected chi connectivity index (χ4v) is 5.38. The molecule has 1 N–H and O–H groups in total. The van der Waals surface area contributed by atoms with E-state index in [0.717, 1.165) is 53.8 Å². The first-order valence-electron chi connectivity index (χ1n) is 15.1. The van der Waals surface area contributed by atoms with E-state index in [1.54, 1.807) is 48.5 Å². The molecule has 1 saturated carbocycles. The number of aromatic nitrogens is 3. The summed E-state index contributed by atoms with van der Waals surface area (Å²) in [7, 11) is 0. The second-order valence-electron chi connectivity index (χ2n) is 11.2. The number of fused-ring (bicyclic) bond motifs is 1. The molecule has 0 unspecified atom stereocenters. The van der Waals surface area contributed by atoms with Gasteiger partial charge in [0, 0.05) is 30.2 Å². The molecule has 44 heavy (non-hydrogen) atoms. The van der Waals surface area contributed by atoms with Crippen molar-refractivity contribution in [1.82, 2.24) is 14.5 Å². The number of halogens is 2. The van der Waals surface area contributed by atoms with Gasteiger partial charge in [-0.3, -0.25) is 0 Å². The molecule has 1 fully saturated rings. The lowest BCUT2D eigenvalue weighted by molar-refractivity contribution is 0.0697. The zero-order chi connectivity index (χ0) is 31.4. The van der Waals surface area contributed by atoms with E-state index in [2.05, 4.69) is 16.5 Å². The van der Waals surface area contributed by atoms with Crippen molar-refractivity contribution in [3.63, 3.8) is 0 Å². The Balaban J connectivity index is 0.00000188. The molecular formula is C36H37F2N3O3. The summed E-state index contributed by atoms with van der Waals surface area (Å²) in [6, 6.07) is 20.1. The summed E-state index contributed by atoms with van der Waals surface area (Å²) in [5.74, 6) is -0.701. The van der Waals surface area contributed by atoms with Crippen LogP contribution in [0.1, 0.15) is 72.9 Å². The van der Waals surface area contributed by atoms with E-state index in [0.29, 0.717) is 23.2 Å².